The van der Waals surface area contributed by atoms with Gasteiger partial charge in [0.05, 0.1) is 17.7 Å². The van der Waals surface area contributed by atoms with Crippen LogP contribution in [0.25, 0.3) is 0 Å². The number of benzene rings is 3. The van der Waals surface area contributed by atoms with Crippen molar-refractivity contribution in [2.75, 3.05) is 43.5 Å². The van der Waals surface area contributed by atoms with Gasteiger partial charge in [0.2, 0.25) is 5.91 Å². The highest BCUT2D eigenvalue weighted by atomic mass is 32.2. The minimum absolute atomic E-state index is 0.154. The van der Waals surface area contributed by atoms with Gasteiger partial charge in [-0.3, -0.25) is 9.10 Å². The standard InChI is InChI=1S/C27H33N3O4S/c1-6-29(19-22-15-17-23(18-16-22)28(3)4)27(31)20-30(24-12-8-9-13-25(24)34-5)35(32,33)26-14-10-7-11-21(26)2/h7-18H,6,19-20H2,1-5H3. The van der Waals surface area contributed by atoms with Crippen LogP contribution in [0.15, 0.2) is 77.7 Å². The maximum Gasteiger partial charge on any atom is 0.265 e. The normalized spacial score (nSPS) is 11.1. The van der Waals surface area contributed by atoms with Crippen LogP contribution >= 0.6 is 0 Å². The Morgan fingerprint density at radius 1 is 0.914 bits per heavy atom. The van der Waals surface area contributed by atoms with Gasteiger partial charge >= 0.3 is 0 Å². The molecule has 0 N–H and O–H groups in total. The highest BCUT2D eigenvalue weighted by molar-refractivity contribution is 7.93. The van der Waals surface area contributed by atoms with Gasteiger partial charge in [0, 0.05) is 32.9 Å². The number of nitrogens with zero attached hydrogens (tertiary/aromatic N) is 3. The lowest BCUT2D eigenvalue weighted by Crippen LogP contribution is -2.43. The summed E-state index contributed by atoms with van der Waals surface area (Å²) in [5.74, 6) is 0.0760. The lowest BCUT2D eigenvalue weighted by atomic mass is 10.2. The van der Waals surface area contributed by atoms with E-state index in [1.165, 1.54) is 7.11 Å². The predicted octanol–water partition coefficient (Wildman–Crippen LogP) is 4.31. The molecule has 1 amide bonds. The lowest BCUT2D eigenvalue weighted by molar-refractivity contribution is -0.129. The topological polar surface area (TPSA) is 70.2 Å². The van der Waals surface area contributed by atoms with Gasteiger partial charge in [-0.25, -0.2) is 8.42 Å². The Kier molecular flexibility index (Phi) is 8.40. The van der Waals surface area contributed by atoms with Crippen LogP contribution in [0.4, 0.5) is 11.4 Å². The SMILES string of the molecule is CCN(Cc1ccc(N(C)C)cc1)C(=O)CN(c1ccccc1OC)S(=O)(=O)c1ccccc1C. The van der Waals surface area contributed by atoms with Crippen LogP contribution in [0.5, 0.6) is 5.75 Å². The summed E-state index contributed by atoms with van der Waals surface area (Å²) in [5, 5.41) is 0. The molecule has 0 heterocycles. The number of hydrogen-bond donors (Lipinski definition) is 0. The molecule has 0 aliphatic rings. The van der Waals surface area contributed by atoms with Crippen LogP contribution in [0, 0.1) is 6.92 Å². The number of amides is 1. The van der Waals surface area contributed by atoms with Crippen LogP contribution in [0.2, 0.25) is 0 Å². The molecular formula is C27H33N3O4S. The molecule has 0 saturated carbocycles. The van der Waals surface area contributed by atoms with Crippen molar-refractivity contribution in [1.29, 1.82) is 0 Å². The van der Waals surface area contributed by atoms with Gasteiger partial charge in [0.1, 0.15) is 12.3 Å². The Morgan fingerprint density at radius 3 is 2.14 bits per heavy atom. The fraction of sp³-hybridized carbons (Fsp3) is 0.296. The molecule has 186 valence electrons. The number of hydrogen-bond acceptors (Lipinski definition) is 5. The molecule has 35 heavy (non-hydrogen) atoms. The van der Waals surface area contributed by atoms with E-state index in [1.54, 1.807) is 60.4 Å². The quantitative estimate of drug-likeness (QED) is 0.419. The van der Waals surface area contributed by atoms with E-state index in [0.29, 0.717) is 30.1 Å². The summed E-state index contributed by atoms with van der Waals surface area (Å²) in [4.78, 5) is 17.3. The number of aryl methyl sites for hydroxylation is 1. The number of methoxy groups -OCH3 is 1. The average molecular weight is 496 g/mol. The number of anilines is 2. The molecule has 0 saturated heterocycles. The van der Waals surface area contributed by atoms with Crippen LogP contribution in [-0.4, -0.2) is 53.5 Å². The molecule has 0 spiro atoms. The van der Waals surface area contributed by atoms with E-state index in [0.717, 1.165) is 15.6 Å². The molecule has 3 aromatic carbocycles. The monoisotopic (exact) mass is 495 g/mol. The van der Waals surface area contributed by atoms with Gasteiger partial charge in [-0.05, 0) is 55.3 Å². The van der Waals surface area contributed by atoms with Gasteiger partial charge in [0.25, 0.3) is 10.0 Å². The van der Waals surface area contributed by atoms with Crippen molar-refractivity contribution in [3.8, 4) is 5.75 Å². The fourth-order valence-corrected chi connectivity index (χ4v) is 5.47. The summed E-state index contributed by atoms with van der Waals surface area (Å²) >= 11 is 0. The summed E-state index contributed by atoms with van der Waals surface area (Å²) in [6.07, 6.45) is 0. The smallest absolute Gasteiger partial charge is 0.265 e. The van der Waals surface area contributed by atoms with Crippen molar-refractivity contribution in [2.24, 2.45) is 0 Å². The second-order valence-corrected chi connectivity index (χ2v) is 10.2. The molecular weight excluding hydrogens is 462 g/mol. The van der Waals surface area contributed by atoms with E-state index in [1.807, 2.05) is 50.2 Å². The minimum atomic E-state index is -4.04. The van der Waals surface area contributed by atoms with Gasteiger partial charge in [-0.1, -0.05) is 42.5 Å². The number of para-hydroxylation sites is 2. The van der Waals surface area contributed by atoms with E-state index in [9.17, 15) is 13.2 Å². The van der Waals surface area contributed by atoms with Crippen molar-refractivity contribution < 1.29 is 17.9 Å². The van der Waals surface area contributed by atoms with Crippen LogP contribution in [-0.2, 0) is 21.4 Å². The van der Waals surface area contributed by atoms with E-state index >= 15 is 0 Å². The van der Waals surface area contributed by atoms with E-state index in [4.69, 9.17) is 4.74 Å². The number of sulfonamides is 1. The maximum absolute atomic E-state index is 13.8. The Labute approximate surface area is 208 Å². The average Bonchev–Trinajstić information content (AvgIpc) is 2.86. The third kappa shape index (κ3) is 5.95. The Morgan fingerprint density at radius 2 is 1.54 bits per heavy atom. The van der Waals surface area contributed by atoms with Gasteiger partial charge in [-0.15, -0.1) is 0 Å². The summed E-state index contributed by atoms with van der Waals surface area (Å²) in [5.41, 5.74) is 2.96. The molecule has 3 aromatic rings. The number of rotatable bonds is 10. The molecule has 0 aliphatic carbocycles. The summed E-state index contributed by atoms with van der Waals surface area (Å²) in [7, 11) is 1.38. The number of ether oxygens (including phenoxy) is 1. The van der Waals surface area contributed by atoms with E-state index in [2.05, 4.69) is 0 Å². The first-order chi connectivity index (χ1) is 16.7. The Hall–Kier alpha value is -3.52. The maximum atomic E-state index is 13.8. The van der Waals surface area contributed by atoms with Crippen molar-refractivity contribution in [1.82, 2.24) is 4.90 Å². The molecule has 0 atom stereocenters. The first-order valence-corrected chi connectivity index (χ1v) is 12.9. The van der Waals surface area contributed by atoms with Crippen molar-refractivity contribution >= 4 is 27.3 Å². The Bertz CT molecular complexity index is 1260. The zero-order valence-corrected chi connectivity index (χ0v) is 21.7. The second kappa shape index (κ2) is 11.3. The lowest BCUT2D eigenvalue weighted by Gasteiger charge is -2.29. The first-order valence-electron chi connectivity index (χ1n) is 11.4. The third-order valence-electron chi connectivity index (χ3n) is 5.85. The van der Waals surface area contributed by atoms with Gasteiger partial charge in [0.15, 0.2) is 0 Å². The number of carbonyl (C=O) groups excluding carboxylic acids is 1. The van der Waals surface area contributed by atoms with Crippen LogP contribution in [0.3, 0.4) is 0 Å². The molecule has 0 radical (unpaired) electrons. The van der Waals surface area contributed by atoms with E-state index < -0.39 is 10.0 Å². The molecule has 8 heteroatoms. The van der Waals surface area contributed by atoms with Crippen molar-refractivity contribution in [2.45, 2.75) is 25.3 Å². The molecule has 0 bridgehead atoms. The number of carbonyl (C=O) groups is 1. The van der Waals surface area contributed by atoms with Crippen molar-refractivity contribution in [3.05, 3.63) is 83.9 Å². The largest absolute Gasteiger partial charge is 0.495 e. The van der Waals surface area contributed by atoms with Crippen molar-refractivity contribution in [3.63, 3.8) is 0 Å². The fourth-order valence-electron chi connectivity index (χ4n) is 3.82. The first kappa shape index (κ1) is 26.1. The summed E-state index contributed by atoms with van der Waals surface area (Å²) in [6.45, 7) is 4.10. The molecule has 0 fully saturated rings. The van der Waals surface area contributed by atoms with Crippen LogP contribution in [0.1, 0.15) is 18.1 Å². The van der Waals surface area contributed by atoms with Gasteiger partial charge in [-0.2, -0.15) is 0 Å². The molecule has 3 rings (SSSR count). The zero-order valence-electron chi connectivity index (χ0n) is 20.9. The van der Waals surface area contributed by atoms with Crippen LogP contribution < -0.4 is 13.9 Å². The highest BCUT2D eigenvalue weighted by Gasteiger charge is 2.31. The number of likely N-dealkylation sites (N-methyl/N-ethyl adjacent to an activating group) is 1. The zero-order chi connectivity index (χ0) is 25.6. The van der Waals surface area contributed by atoms with E-state index in [-0.39, 0.29) is 17.3 Å². The Balaban J connectivity index is 1.96. The third-order valence-corrected chi connectivity index (χ3v) is 7.77. The molecule has 0 aliphatic heterocycles. The van der Waals surface area contributed by atoms with Gasteiger partial charge < -0.3 is 14.5 Å². The summed E-state index contributed by atoms with van der Waals surface area (Å²) in [6, 6.07) is 21.5. The molecule has 7 nitrogen and oxygen atoms in total. The minimum Gasteiger partial charge on any atom is -0.495 e. The second-order valence-electron chi connectivity index (χ2n) is 8.42. The summed E-state index contributed by atoms with van der Waals surface area (Å²) < 4.78 is 34.2. The highest BCUT2D eigenvalue weighted by Crippen LogP contribution is 2.33. The predicted molar refractivity (Wildman–Crippen MR) is 141 cm³/mol. The molecule has 0 aromatic heterocycles. The molecule has 0 unspecified atom stereocenters.